The molecule has 0 bridgehead atoms. The molecule has 162 valence electrons. The molecule has 1 amide bonds. The normalized spacial score (nSPS) is 11.1. The second-order valence-electron chi connectivity index (χ2n) is 7.36. The summed E-state index contributed by atoms with van der Waals surface area (Å²) < 4.78 is 12.3. The van der Waals surface area contributed by atoms with Crippen LogP contribution in [-0.2, 0) is 11.3 Å². The molecule has 1 N–H and O–H groups in total. The van der Waals surface area contributed by atoms with Crippen molar-refractivity contribution >= 4 is 17.5 Å². The molecule has 1 heterocycles. The summed E-state index contributed by atoms with van der Waals surface area (Å²) in [7, 11) is 1.60. The van der Waals surface area contributed by atoms with Gasteiger partial charge < -0.3 is 14.8 Å². The van der Waals surface area contributed by atoms with Crippen LogP contribution in [0, 0.1) is 0 Å². The van der Waals surface area contributed by atoms with Gasteiger partial charge in [-0.15, -0.1) is 0 Å². The van der Waals surface area contributed by atoms with Crippen LogP contribution in [0.1, 0.15) is 13.8 Å². The minimum Gasteiger partial charge on any atom is -0.497 e. The van der Waals surface area contributed by atoms with Crippen molar-refractivity contribution in [2.24, 2.45) is 0 Å². The van der Waals surface area contributed by atoms with Crippen LogP contribution in [0.15, 0.2) is 65.7 Å². The molecular formula is C23H24ClN3O4. The number of hydrogen-bond acceptors (Lipinski definition) is 5. The van der Waals surface area contributed by atoms with Crippen LogP contribution < -0.4 is 20.3 Å². The summed E-state index contributed by atoms with van der Waals surface area (Å²) in [6, 6.07) is 15.6. The predicted molar refractivity (Wildman–Crippen MR) is 120 cm³/mol. The Morgan fingerprint density at radius 2 is 1.74 bits per heavy atom. The van der Waals surface area contributed by atoms with Crippen LogP contribution in [0.3, 0.4) is 0 Å². The number of hydrogen-bond donors (Lipinski definition) is 1. The predicted octanol–water partition coefficient (Wildman–Crippen LogP) is 3.55. The van der Waals surface area contributed by atoms with Crippen molar-refractivity contribution in [3.8, 4) is 22.8 Å². The van der Waals surface area contributed by atoms with Gasteiger partial charge in [-0.2, -0.15) is 0 Å². The van der Waals surface area contributed by atoms with Crippen LogP contribution in [0.5, 0.6) is 11.5 Å². The molecule has 3 rings (SSSR count). The number of benzene rings is 2. The Kier molecular flexibility index (Phi) is 6.97. The summed E-state index contributed by atoms with van der Waals surface area (Å²) in [5, 5.41) is 3.39. The Balaban J connectivity index is 1.57. The first-order chi connectivity index (χ1) is 14.8. The van der Waals surface area contributed by atoms with Crippen molar-refractivity contribution < 1.29 is 14.3 Å². The number of halogens is 1. The molecule has 0 aliphatic heterocycles. The first kappa shape index (κ1) is 22.4. The topological polar surface area (TPSA) is 82.5 Å². The highest BCUT2D eigenvalue weighted by Gasteiger charge is 2.29. The number of amides is 1. The number of methoxy groups -OCH3 is 1. The summed E-state index contributed by atoms with van der Waals surface area (Å²) in [6.45, 7) is 3.90. The van der Waals surface area contributed by atoms with E-state index in [4.69, 9.17) is 21.1 Å². The van der Waals surface area contributed by atoms with Gasteiger partial charge in [0.2, 0.25) is 0 Å². The van der Waals surface area contributed by atoms with Crippen LogP contribution in [0.25, 0.3) is 11.3 Å². The lowest BCUT2D eigenvalue weighted by Crippen LogP contribution is -2.47. The average Bonchev–Trinajstić information content (AvgIpc) is 2.76. The maximum absolute atomic E-state index is 12.5. The minimum atomic E-state index is -1.09. The van der Waals surface area contributed by atoms with Gasteiger partial charge in [0.15, 0.2) is 5.60 Å². The molecule has 31 heavy (non-hydrogen) atoms. The lowest BCUT2D eigenvalue weighted by molar-refractivity contribution is -0.134. The van der Waals surface area contributed by atoms with E-state index in [-0.39, 0.29) is 24.6 Å². The molecule has 0 aliphatic rings. The molecule has 8 heteroatoms. The number of carbonyl (C=O) groups excluding carboxylic acids is 1. The van der Waals surface area contributed by atoms with Crippen molar-refractivity contribution in [1.29, 1.82) is 0 Å². The zero-order valence-electron chi connectivity index (χ0n) is 17.6. The lowest BCUT2D eigenvalue weighted by atomic mass is 10.1. The third-order valence-electron chi connectivity index (χ3n) is 4.64. The van der Waals surface area contributed by atoms with E-state index < -0.39 is 5.60 Å². The highest BCUT2D eigenvalue weighted by Crippen LogP contribution is 2.21. The van der Waals surface area contributed by atoms with E-state index >= 15 is 0 Å². The Bertz CT molecular complexity index is 1090. The Labute approximate surface area is 185 Å². The zero-order valence-corrected chi connectivity index (χ0v) is 18.3. The van der Waals surface area contributed by atoms with Crippen molar-refractivity contribution in [1.82, 2.24) is 14.9 Å². The summed E-state index contributed by atoms with van der Waals surface area (Å²) in [5.41, 5.74) is 0.103. The van der Waals surface area contributed by atoms with Gasteiger partial charge in [-0.1, -0.05) is 11.6 Å². The monoisotopic (exact) mass is 441 g/mol. The molecule has 2 aromatic carbocycles. The molecule has 0 aliphatic carbocycles. The molecule has 3 aromatic rings. The van der Waals surface area contributed by atoms with Crippen molar-refractivity contribution in [3.05, 3.63) is 76.3 Å². The van der Waals surface area contributed by atoms with E-state index in [1.165, 1.54) is 17.0 Å². The summed E-state index contributed by atoms with van der Waals surface area (Å²) in [6.07, 6.45) is 1.48. The lowest BCUT2D eigenvalue weighted by Gasteiger charge is -2.25. The standard InChI is InChI=1S/C23H24ClN3O4/c1-23(2,31-19-10-6-17(24)7-11-19)22(29)25-12-13-27-15-26-20(14-21(27)28)16-4-8-18(30-3)9-5-16/h4-11,14-15H,12-13H2,1-3H3,(H,25,29). The maximum atomic E-state index is 12.5. The van der Waals surface area contributed by atoms with Gasteiger partial charge in [0.05, 0.1) is 19.1 Å². The van der Waals surface area contributed by atoms with Crippen LogP contribution in [0.4, 0.5) is 0 Å². The highest BCUT2D eigenvalue weighted by molar-refractivity contribution is 6.30. The number of nitrogens with zero attached hydrogens (tertiary/aromatic N) is 2. The summed E-state index contributed by atoms with van der Waals surface area (Å²) >= 11 is 5.87. The molecule has 0 saturated carbocycles. The molecule has 0 atom stereocenters. The van der Waals surface area contributed by atoms with Gasteiger partial charge in [-0.3, -0.25) is 14.2 Å². The van der Waals surface area contributed by atoms with Crippen molar-refractivity contribution in [2.45, 2.75) is 26.0 Å². The largest absolute Gasteiger partial charge is 0.497 e. The van der Waals surface area contributed by atoms with E-state index in [0.29, 0.717) is 16.5 Å². The second-order valence-corrected chi connectivity index (χ2v) is 7.79. The quantitative estimate of drug-likeness (QED) is 0.578. The highest BCUT2D eigenvalue weighted by atomic mass is 35.5. The van der Waals surface area contributed by atoms with E-state index in [9.17, 15) is 9.59 Å². The summed E-state index contributed by atoms with van der Waals surface area (Å²) in [4.78, 5) is 29.3. The average molecular weight is 442 g/mol. The Morgan fingerprint density at radius 3 is 2.35 bits per heavy atom. The van der Waals surface area contributed by atoms with Crippen molar-refractivity contribution in [3.63, 3.8) is 0 Å². The van der Waals surface area contributed by atoms with Gasteiger partial charge in [0.25, 0.3) is 11.5 Å². The van der Waals surface area contributed by atoms with Gasteiger partial charge >= 0.3 is 0 Å². The van der Waals surface area contributed by atoms with Gasteiger partial charge in [0, 0.05) is 29.7 Å². The van der Waals surface area contributed by atoms with Crippen LogP contribution >= 0.6 is 11.6 Å². The third-order valence-corrected chi connectivity index (χ3v) is 4.89. The fraction of sp³-hybridized carbons (Fsp3) is 0.261. The number of rotatable bonds is 8. The minimum absolute atomic E-state index is 0.202. The molecule has 0 spiro atoms. The van der Waals surface area contributed by atoms with Crippen LogP contribution in [0.2, 0.25) is 5.02 Å². The number of carbonyl (C=O) groups is 1. The Hall–Kier alpha value is -3.32. The maximum Gasteiger partial charge on any atom is 0.263 e. The molecular weight excluding hydrogens is 418 g/mol. The molecule has 0 saturated heterocycles. The Morgan fingerprint density at radius 1 is 1.10 bits per heavy atom. The fourth-order valence-electron chi connectivity index (χ4n) is 2.86. The molecule has 0 fully saturated rings. The van der Waals surface area contributed by atoms with Gasteiger partial charge in [-0.25, -0.2) is 4.98 Å². The van der Waals surface area contributed by atoms with E-state index in [1.54, 1.807) is 45.2 Å². The van der Waals surface area contributed by atoms with Crippen molar-refractivity contribution in [2.75, 3.05) is 13.7 Å². The summed E-state index contributed by atoms with van der Waals surface area (Å²) in [5.74, 6) is 0.980. The SMILES string of the molecule is COc1ccc(-c2cc(=O)n(CCNC(=O)C(C)(C)Oc3ccc(Cl)cc3)cn2)cc1. The zero-order chi connectivity index (χ0) is 22.4. The smallest absolute Gasteiger partial charge is 0.263 e. The molecule has 0 radical (unpaired) electrons. The number of aromatic nitrogens is 2. The third kappa shape index (κ3) is 5.86. The first-order valence-corrected chi connectivity index (χ1v) is 10.1. The fourth-order valence-corrected chi connectivity index (χ4v) is 2.99. The van der Waals surface area contributed by atoms with E-state index in [2.05, 4.69) is 10.3 Å². The molecule has 7 nitrogen and oxygen atoms in total. The van der Waals surface area contributed by atoms with E-state index in [1.807, 2.05) is 24.3 Å². The second kappa shape index (κ2) is 9.66. The van der Waals surface area contributed by atoms with Crippen LogP contribution in [-0.4, -0.2) is 34.7 Å². The molecule has 0 unspecified atom stereocenters. The van der Waals surface area contributed by atoms with E-state index in [0.717, 1.165) is 11.3 Å². The van der Waals surface area contributed by atoms with Gasteiger partial charge in [0.1, 0.15) is 11.5 Å². The first-order valence-electron chi connectivity index (χ1n) is 9.72. The van der Waals surface area contributed by atoms with Gasteiger partial charge in [-0.05, 0) is 62.4 Å². The number of ether oxygens (including phenoxy) is 2. The molecule has 1 aromatic heterocycles. The number of nitrogens with one attached hydrogen (secondary N) is 1.